The molecule has 1 aromatic rings. The Labute approximate surface area is 96.1 Å². The molecule has 0 aliphatic heterocycles. The van der Waals surface area contributed by atoms with Crippen molar-refractivity contribution >= 4 is 11.8 Å². The van der Waals surface area contributed by atoms with Crippen molar-refractivity contribution in [3.63, 3.8) is 0 Å². The summed E-state index contributed by atoms with van der Waals surface area (Å²) in [6.45, 7) is 4.39. The molecule has 1 heteroatoms. The van der Waals surface area contributed by atoms with E-state index in [0.29, 0.717) is 5.92 Å². The highest BCUT2D eigenvalue weighted by atomic mass is 32.2. The molecule has 1 aliphatic carbocycles. The summed E-state index contributed by atoms with van der Waals surface area (Å²) in [4.78, 5) is 2.71. The van der Waals surface area contributed by atoms with Crippen LogP contribution < -0.4 is 0 Å². The molecule has 0 bridgehead atoms. The van der Waals surface area contributed by atoms with Crippen molar-refractivity contribution in [1.82, 2.24) is 0 Å². The third-order valence-electron chi connectivity index (χ3n) is 2.51. The van der Waals surface area contributed by atoms with Crippen LogP contribution in [0.5, 0.6) is 0 Å². The molecule has 0 amide bonds. The number of thioether (sulfide) groups is 1. The predicted octanol–water partition coefficient (Wildman–Crippen LogP) is 4.57. The highest BCUT2D eigenvalue weighted by Crippen LogP contribution is 2.31. The summed E-state index contributed by atoms with van der Waals surface area (Å²) < 4.78 is 0. The summed E-state index contributed by atoms with van der Waals surface area (Å²) in [5, 5.41) is 0. The highest BCUT2D eigenvalue weighted by Gasteiger charge is 2.04. The van der Waals surface area contributed by atoms with Crippen molar-refractivity contribution in [2.45, 2.75) is 25.2 Å². The first-order valence-electron chi connectivity index (χ1n) is 5.37. The fraction of sp³-hybridized carbons (Fsp3) is 0.286. The molecule has 0 nitrogen and oxygen atoms in total. The van der Waals surface area contributed by atoms with Crippen LogP contribution in [0.2, 0.25) is 0 Å². The molecule has 1 aromatic carbocycles. The van der Waals surface area contributed by atoms with Crippen LogP contribution in [-0.2, 0) is 0 Å². The summed E-state index contributed by atoms with van der Waals surface area (Å²) in [6.07, 6.45) is 8.03. The molecule has 0 heterocycles. The Morgan fingerprint density at radius 3 is 2.87 bits per heavy atom. The predicted molar refractivity (Wildman–Crippen MR) is 68.0 cm³/mol. The summed E-state index contributed by atoms with van der Waals surface area (Å²) in [6, 6.07) is 8.66. The van der Waals surface area contributed by atoms with E-state index in [9.17, 15) is 0 Å². The van der Waals surface area contributed by atoms with E-state index in [1.54, 1.807) is 0 Å². The van der Waals surface area contributed by atoms with Crippen molar-refractivity contribution in [2.24, 2.45) is 5.92 Å². The third-order valence-corrected chi connectivity index (χ3v) is 3.53. The van der Waals surface area contributed by atoms with Crippen molar-refractivity contribution in [1.29, 1.82) is 0 Å². The van der Waals surface area contributed by atoms with Crippen LogP contribution >= 0.6 is 11.8 Å². The smallest absolute Gasteiger partial charge is 0.0124 e. The van der Waals surface area contributed by atoms with Crippen LogP contribution in [-0.4, -0.2) is 0 Å². The Balaban J connectivity index is 2.07. The molecule has 0 spiro atoms. The van der Waals surface area contributed by atoms with Gasteiger partial charge in [0.25, 0.3) is 0 Å². The van der Waals surface area contributed by atoms with E-state index >= 15 is 0 Å². The van der Waals surface area contributed by atoms with Gasteiger partial charge in [0.05, 0.1) is 0 Å². The fourth-order valence-corrected chi connectivity index (χ4v) is 2.59. The van der Waals surface area contributed by atoms with Crippen LogP contribution in [0, 0.1) is 12.8 Å². The molecule has 1 atom stereocenters. The lowest BCUT2D eigenvalue weighted by Gasteiger charge is -2.11. The lowest BCUT2D eigenvalue weighted by Crippen LogP contribution is -1.92. The molecule has 0 saturated heterocycles. The molecular weight excluding hydrogens is 200 g/mol. The first-order chi connectivity index (χ1) is 7.24. The Morgan fingerprint density at radius 1 is 1.33 bits per heavy atom. The highest BCUT2D eigenvalue weighted by molar-refractivity contribution is 8.03. The largest absolute Gasteiger partial charge is 0.0904 e. The van der Waals surface area contributed by atoms with Gasteiger partial charge < -0.3 is 0 Å². The fourth-order valence-electron chi connectivity index (χ4n) is 1.60. The monoisotopic (exact) mass is 216 g/mol. The van der Waals surface area contributed by atoms with Gasteiger partial charge >= 0.3 is 0 Å². The van der Waals surface area contributed by atoms with E-state index in [1.807, 2.05) is 11.8 Å². The Kier molecular flexibility index (Phi) is 3.32. The molecule has 2 rings (SSSR count). The van der Waals surface area contributed by atoms with Gasteiger partial charge in [-0.15, -0.1) is 0 Å². The molecule has 0 fully saturated rings. The molecule has 1 unspecified atom stereocenters. The number of aryl methyl sites for hydroxylation is 1. The minimum Gasteiger partial charge on any atom is -0.0904 e. The molecule has 1 aliphatic rings. The lowest BCUT2D eigenvalue weighted by molar-refractivity contribution is 0.735. The minimum absolute atomic E-state index is 0.701. The lowest BCUT2D eigenvalue weighted by atomic mass is 10.0. The van der Waals surface area contributed by atoms with Crippen molar-refractivity contribution in [3.8, 4) is 0 Å². The van der Waals surface area contributed by atoms with Crippen molar-refractivity contribution in [3.05, 3.63) is 53.0 Å². The van der Waals surface area contributed by atoms with Gasteiger partial charge in [-0.25, -0.2) is 0 Å². The second-order valence-electron chi connectivity index (χ2n) is 4.10. The van der Waals surface area contributed by atoms with E-state index in [0.717, 1.165) is 0 Å². The maximum atomic E-state index is 2.33. The van der Waals surface area contributed by atoms with E-state index < -0.39 is 0 Å². The van der Waals surface area contributed by atoms with E-state index in [4.69, 9.17) is 0 Å². The first-order valence-corrected chi connectivity index (χ1v) is 6.18. The third kappa shape index (κ3) is 3.00. The number of hydrogen-bond donors (Lipinski definition) is 0. The van der Waals surface area contributed by atoms with Gasteiger partial charge in [0, 0.05) is 9.80 Å². The van der Waals surface area contributed by atoms with Gasteiger partial charge in [0.2, 0.25) is 0 Å². The zero-order valence-electron chi connectivity index (χ0n) is 9.23. The van der Waals surface area contributed by atoms with Crippen molar-refractivity contribution in [2.75, 3.05) is 0 Å². The zero-order valence-corrected chi connectivity index (χ0v) is 10.1. The van der Waals surface area contributed by atoms with Gasteiger partial charge in [-0.1, -0.05) is 54.6 Å². The number of rotatable bonds is 2. The number of benzene rings is 1. The Bertz CT molecular complexity index is 402. The molecule has 0 N–H and O–H groups in total. The van der Waals surface area contributed by atoms with E-state index in [1.165, 1.54) is 21.8 Å². The second-order valence-corrected chi connectivity index (χ2v) is 5.24. The summed E-state index contributed by atoms with van der Waals surface area (Å²) in [5.41, 5.74) is 1.33. The quantitative estimate of drug-likeness (QED) is 0.698. The zero-order chi connectivity index (χ0) is 10.7. The minimum atomic E-state index is 0.701. The Hall–Kier alpha value is -0.950. The average molecular weight is 216 g/mol. The van der Waals surface area contributed by atoms with Gasteiger partial charge in [0.15, 0.2) is 0 Å². The van der Waals surface area contributed by atoms with Crippen LogP contribution in [0.15, 0.2) is 52.3 Å². The van der Waals surface area contributed by atoms with E-state index in [-0.39, 0.29) is 0 Å². The van der Waals surface area contributed by atoms with Crippen molar-refractivity contribution < 1.29 is 0 Å². The summed E-state index contributed by atoms with van der Waals surface area (Å²) >= 11 is 1.86. The average Bonchev–Trinajstić information content (AvgIpc) is 2.22. The SMILES string of the molecule is Cc1cccc(SC2=CCC(C)C=C2)c1. The first kappa shape index (κ1) is 10.6. The summed E-state index contributed by atoms with van der Waals surface area (Å²) in [5.74, 6) is 0.701. The molecule has 78 valence electrons. The van der Waals surface area contributed by atoms with Gasteiger partial charge in [-0.2, -0.15) is 0 Å². The summed E-state index contributed by atoms with van der Waals surface area (Å²) in [7, 11) is 0. The molecular formula is C14H16S. The van der Waals surface area contributed by atoms with E-state index in [2.05, 4.69) is 56.3 Å². The van der Waals surface area contributed by atoms with Crippen LogP contribution in [0.4, 0.5) is 0 Å². The molecule has 15 heavy (non-hydrogen) atoms. The maximum Gasteiger partial charge on any atom is 0.0124 e. The van der Waals surface area contributed by atoms with Crippen LogP contribution in [0.1, 0.15) is 18.9 Å². The topological polar surface area (TPSA) is 0 Å². The standard InChI is InChI=1S/C14H16S/c1-11-6-8-13(9-7-11)15-14-5-3-4-12(2)10-14/h3-6,8-11H,7H2,1-2H3. The molecule has 0 aromatic heterocycles. The number of allylic oxidation sites excluding steroid dienone is 3. The second kappa shape index (κ2) is 4.71. The van der Waals surface area contributed by atoms with Crippen LogP contribution in [0.3, 0.4) is 0 Å². The normalized spacial score (nSPS) is 20.1. The van der Waals surface area contributed by atoms with Crippen LogP contribution in [0.25, 0.3) is 0 Å². The molecule has 0 saturated carbocycles. The number of hydrogen-bond acceptors (Lipinski definition) is 1. The molecule has 0 radical (unpaired) electrons. The van der Waals surface area contributed by atoms with Gasteiger partial charge in [0.1, 0.15) is 0 Å². The van der Waals surface area contributed by atoms with Gasteiger partial charge in [-0.3, -0.25) is 0 Å². The Morgan fingerprint density at radius 2 is 2.20 bits per heavy atom. The van der Waals surface area contributed by atoms with Gasteiger partial charge in [-0.05, 0) is 31.4 Å². The maximum absolute atomic E-state index is 2.33.